The molecule has 0 radical (unpaired) electrons. The van der Waals surface area contributed by atoms with Crippen molar-refractivity contribution in [3.8, 4) is 0 Å². The van der Waals surface area contributed by atoms with Gasteiger partial charge in [-0.05, 0) is 35.9 Å². The van der Waals surface area contributed by atoms with Crippen molar-refractivity contribution < 1.29 is 0 Å². The zero-order valence-corrected chi connectivity index (χ0v) is 12.7. The molecule has 0 saturated carbocycles. The summed E-state index contributed by atoms with van der Waals surface area (Å²) in [5.41, 5.74) is 2.86. The van der Waals surface area contributed by atoms with Crippen LogP contribution in [0.2, 0.25) is 0 Å². The summed E-state index contributed by atoms with van der Waals surface area (Å²) < 4.78 is 0. The molecule has 2 unspecified atom stereocenters. The van der Waals surface area contributed by atoms with Crippen LogP contribution in [-0.4, -0.2) is 24.5 Å². The predicted octanol–water partition coefficient (Wildman–Crippen LogP) is 3.27. The van der Waals surface area contributed by atoms with E-state index in [0.29, 0.717) is 0 Å². The van der Waals surface area contributed by atoms with Crippen LogP contribution in [0.5, 0.6) is 0 Å². The van der Waals surface area contributed by atoms with Gasteiger partial charge in [-0.1, -0.05) is 45.0 Å². The number of nitrogens with one attached hydrogen (secondary N) is 1. The molecule has 1 heterocycles. The molecule has 19 heavy (non-hydrogen) atoms. The average molecular weight is 260 g/mol. The van der Waals surface area contributed by atoms with E-state index in [4.69, 9.17) is 0 Å². The van der Waals surface area contributed by atoms with Gasteiger partial charge in [-0.25, -0.2) is 0 Å². The Balaban J connectivity index is 1.88. The lowest BCUT2D eigenvalue weighted by Gasteiger charge is -2.16. The van der Waals surface area contributed by atoms with Crippen molar-refractivity contribution in [2.45, 2.75) is 40.3 Å². The first-order chi connectivity index (χ1) is 9.19. The molecule has 1 fully saturated rings. The molecule has 1 aromatic carbocycles. The van der Waals surface area contributed by atoms with Gasteiger partial charge in [-0.15, -0.1) is 0 Å². The lowest BCUT2D eigenvalue weighted by molar-refractivity contribution is 0.316. The van der Waals surface area contributed by atoms with Gasteiger partial charge >= 0.3 is 0 Å². The van der Waals surface area contributed by atoms with Crippen LogP contribution in [0.3, 0.4) is 0 Å². The van der Waals surface area contributed by atoms with Gasteiger partial charge in [0, 0.05) is 26.2 Å². The third kappa shape index (κ3) is 4.32. The van der Waals surface area contributed by atoms with Crippen molar-refractivity contribution in [3.05, 3.63) is 35.4 Å². The van der Waals surface area contributed by atoms with Crippen LogP contribution >= 0.6 is 0 Å². The molecule has 1 aliphatic heterocycles. The standard InChI is InChI=1S/C17H28N2/c1-4-8-18-10-16-6-5-7-17(9-16)13-19-11-14(2)15(3)12-19/h5-7,9,14-15,18H,4,8,10-13H2,1-3H3. The summed E-state index contributed by atoms with van der Waals surface area (Å²) in [6.45, 7) is 12.7. The zero-order valence-electron chi connectivity index (χ0n) is 12.7. The quantitative estimate of drug-likeness (QED) is 0.790. The number of rotatable bonds is 6. The minimum atomic E-state index is 0.842. The van der Waals surface area contributed by atoms with Gasteiger partial charge in [0.25, 0.3) is 0 Å². The number of nitrogens with zero attached hydrogens (tertiary/aromatic N) is 1. The number of hydrogen-bond acceptors (Lipinski definition) is 2. The van der Waals surface area contributed by atoms with E-state index in [-0.39, 0.29) is 0 Å². The Hall–Kier alpha value is -0.860. The fourth-order valence-electron chi connectivity index (χ4n) is 2.88. The molecule has 106 valence electrons. The first-order valence-corrected chi connectivity index (χ1v) is 7.70. The molecule has 1 N–H and O–H groups in total. The normalized spacial score (nSPS) is 23.9. The summed E-state index contributed by atoms with van der Waals surface area (Å²) in [6, 6.07) is 9.04. The topological polar surface area (TPSA) is 15.3 Å². The summed E-state index contributed by atoms with van der Waals surface area (Å²) in [5.74, 6) is 1.68. The Morgan fingerprint density at radius 3 is 2.53 bits per heavy atom. The van der Waals surface area contributed by atoms with Gasteiger partial charge in [-0.3, -0.25) is 4.90 Å². The fraction of sp³-hybridized carbons (Fsp3) is 0.647. The van der Waals surface area contributed by atoms with Crippen LogP contribution in [0.25, 0.3) is 0 Å². The Bertz CT molecular complexity index is 379. The van der Waals surface area contributed by atoms with Gasteiger partial charge in [-0.2, -0.15) is 0 Å². The van der Waals surface area contributed by atoms with Gasteiger partial charge in [0.2, 0.25) is 0 Å². The van der Waals surface area contributed by atoms with E-state index in [1.54, 1.807) is 0 Å². The molecule has 2 atom stereocenters. The van der Waals surface area contributed by atoms with Crippen molar-refractivity contribution in [3.63, 3.8) is 0 Å². The molecular formula is C17H28N2. The van der Waals surface area contributed by atoms with E-state index >= 15 is 0 Å². The van der Waals surface area contributed by atoms with Gasteiger partial charge in [0.1, 0.15) is 0 Å². The SMILES string of the molecule is CCCNCc1cccc(CN2CC(C)C(C)C2)c1. The molecule has 0 aromatic heterocycles. The molecule has 1 aromatic rings. The fourth-order valence-corrected chi connectivity index (χ4v) is 2.88. The maximum Gasteiger partial charge on any atom is 0.0234 e. The van der Waals surface area contributed by atoms with E-state index in [1.807, 2.05) is 0 Å². The molecule has 0 spiro atoms. The molecule has 2 heteroatoms. The van der Waals surface area contributed by atoms with Crippen LogP contribution in [0, 0.1) is 11.8 Å². The highest BCUT2D eigenvalue weighted by Gasteiger charge is 2.25. The molecule has 2 rings (SSSR count). The van der Waals surface area contributed by atoms with E-state index < -0.39 is 0 Å². The van der Waals surface area contributed by atoms with Crippen LogP contribution in [0.1, 0.15) is 38.3 Å². The van der Waals surface area contributed by atoms with Gasteiger partial charge < -0.3 is 5.32 Å². The van der Waals surface area contributed by atoms with E-state index in [2.05, 4.69) is 55.3 Å². The van der Waals surface area contributed by atoms with Gasteiger partial charge in [0.15, 0.2) is 0 Å². The van der Waals surface area contributed by atoms with Crippen molar-refractivity contribution in [2.75, 3.05) is 19.6 Å². The molecule has 0 aliphatic carbocycles. The third-order valence-corrected chi connectivity index (χ3v) is 4.22. The first-order valence-electron chi connectivity index (χ1n) is 7.70. The molecule has 1 aliphatic rings. The minimum Gasteiger partial charge on any atom is -0.313 e. The van der Waals surface area contributed by atoms with E-state index in [0.717, 1.165) is 31.5 Å². The lowest BCUT2D eigenvalue weighted by Crippen LogP contribution is -2.20. The van der Waals surface area contributed by atoms with Crippen LogP contribution in [0.4, 0.5) is 0 Å². The van der Waals surface area contributed by atoms with Crippen molar-refractivity contribution >= 4 is 0 Å². The average Bonchev–Trinajstić information content (AvgIpc) is 2.69. The second-order valence-electron chi connectivity index (χ2n) is 6.15. The summed E-state index contributed by atoms with van der Waals surface area (Å²) in [5, 5.41) is 3.47. The van der Waals surface area contributed by atoms with Crippen molar-refractivity contribution in [1.82, 2.24) is 10.2 Å². The van der Waals surface area contributed by atoms with E-state index in [1.165, 1.54) is 30.6 Å². The zero-order chi connectivity index (χ0) is 13.7. The van der Waals surface area contributed by atoms with Crippen molar-refractivity contribution in [2.24, 2.45) is 11.8 Å². The highest BCUT2D eigenvalue weighted by Crippen LogP contribution is 2.23. The Morgan fingerprint density at radius 2 is 1.84 bits per heavy atom. The maximum atomic E-state index is 3.47. The number of benzene rings is 1. The highest BCUT2D eigenvalue weighted by atomic mass is 15.1. The maximum absolute atomic E-state index is 3.47. The smallest absolute Gasteiger partial charge is 0.0234 e. The molecular weight excluding hydrogens is 232 g/mol. The Kier molecular flexibility index (Phi) is 5.41. The first kappa shape index (κ1) is 14.5. The molecule has 1 saturated heterocycles. The van der Waals surface area contributed by atoms with Crippen LogP contribution in [0.15, 0.2) is 24.3 Å². The minimum absolute atomic E-state index is 0.842. The Labute approximate surface area is 118 Å². The summed E-state index contributed by atoms with van der Waals surface area (Å²) in [6.07, 6.45) is 1.20. The second kappa shape index (κ2) is 7.06. The number of likely N-dealkylation sites (tertiary alicyclic amines) is 1. The van der Waals surface area contributed by atoms with Gasteiger partial charge in [0.05, 0.1) is 0 Å². The van der Waals surface area contributed by atoms with Crippen molar-refractivity contribution in [1.29, 1.82) is 0 Å². The summed E-state index contributed by atoms with van der Waals surface area (Å²) in [4.78, 5) is 2.59. The largest absolute Gasteiger partial charge is 0.313 e. The second-order valence-corrected chi connectivity index (χ2v) is 6.15. The summed E-state index contributed by atoms with van der Waals surface area (Å²) in [7, 11) is 0. The Morgan fingerprint density at radius 1 is 1.16 bits per heavy atom. The summed E-state index contributed by atoms with van der Waals surface area (Å²) >= 11 is 0. The van der Waals surface area contributed by atoms with E-state index in [9.17, 15) is 0 Å². The predicted molar refractivity (Wildman–Crippen MR) is 82.0 cm³/mol. The van der Waals surface area contributed by atoms with Crippen LogP contribution < -0.4 is 5.32 Å². The third-order valence-electron chi connectivity index (χ3n) is 4.22. The van der Waals surface area contributed by atoms with Crippen LogP contribution in [-0.2, 0) is 13.1 Å². The monoisotopic (exact) mass is 260 g/mol. The number of hydrogen-bond donors (Lipinski definition) is 1. The molecule has 0 bridgehead atoms. The molecule has 0 amide bonds. The molecule has 2 nitrogen and oxygen atoms in total. The highest BCUT2D eigenvalue weighted by molar-refractivity contribution is 5.23. The lowest BCUT2D eigenvalue weighted by atomic mass is 10.0.